The van der Waals surface area contributed by atoms with Crippen LogP contribution < -0.4 is 16.0 Å². The topological polar surface area (TPSA) is 88.1 Å². The number of fused-ring (bicyclic) bond motifs is 1. The molecule has 2 aromatic rings. The van der Waals surface area contributed by atoms with Crippen molar-refractivity contribution in [2.45, 2.75) is 70.4 Å². The van der Waals surface area contributed by atoms with Crippen LogP contribution in [-0.4, -0.2) is 40.1 Å². The number of amides is 3. The lowest BCUT2D eigenvalue weighted by atomic mass is 9.53. The molecule has 3 N–H and O–H groups in total. The Bertz CT molecular complexity index is 962. The Morgan fingerprint density at radius 1 is 1.03 bits per heavy atom. The molecule has 1 aromatic heterocycles. The highest BCUT2D eigenvalue weighted by atomic mass is 16.2. The van der Waals surface area contributed by atoms with Crippen molar-refractivity contribution in [3.05, 3.63) is 30.1 Å². The van der Waals surface area contributed by atoms with Gasteiger partial charge in [-0.1, -0.05) is 12.1 Å². The number of rotatable bonds is 8. The van der Waals surface area contributed by atoms with Crippen molar-refractivity contribution >= 4 is 23.0 Å². The lowest BCUT2D eigenvalue weighted by molar-refractivity contribution is -0.120. The molecular formula is C25H35N5O2. The Morgan fingerprint density at radius 2 is 1.72 bits per heavy atom. The maximum Gasteiger partial charge on any atom is 0.315 e. The predicted molar refractivity (Wildman–Crippen MR) is 124 cm³/mol. The van der Waals surface area contributed by atoms with Crippen LogP contribution in [0, 0.1) is 24.7 Å². The van der Waals surface area contributed by atoms with Crippen LogP contribution in [0.25, 0.3) is 11.0 Å². The van der Waals surface area contributed by atoms with Gasteiger partial charge in [-0.15, -0.1) is 0 Å². The molecule has 32 heavy (non-hydrogen) atoms. The summed E-state index contributed by atoms with van der Waals surface area (Å²) in [6.45, 7) is 3.82. The van der Waals surface area contributed by atoms with Crippen molar-refractivity contribution in [2.24, 2.45) is 17.8 Å². The Hall–Kier alpha value is -2.57. The number of carbonyl (C=O) groups excluding carboxylic acids is 2. The SMILES string of the molecule is Cc1nc2ccccc2n1CCCNC(=O)CCNC(=O)NC12CC3CC(CC(C3)C1)C2. The van der Waals surface area contributed by atoms with Gasteiger partial charge in [-0.2, -0.15) is 0 Å². The van der Waals surface area contributed by atoms with Gasteiger partial charge in [0.15, 0.2) is 0 Å². The van der Waals surface area contributed by atoms with Crippen LogP contribution in [-0.2, 0) is 11.3 Å². The van der Waals surface area contributed by atoms with E-state index in [0.29, 0.717) is 19.5 Å². The molecule has 4 bridgehead atoms. The lowest BCUT2D eigenvalue weighted by Gasteiger charge is -2.56. The molecule has 4 aliphatic rings. The zero-order chi connectivity index (χ0) is 22.1. The number of hydrogen-bond acceptors (Lipinski definition) is 3. The van der Waals surface area contributed by atoms with Gasteiger partial charge in [-0.3, -0.25) is 4.79 Å². The zero-order valence-electron chi connectivity index (χ0n) is 19.0. The van der Waals surface area contributed by atoms with E-state index in [1.54, 1.807) is 0 Å². The van der Waals surface area contributed by atoms with Crippen molar-refractivity contribution in [3.63, 3.8) is 0 Å². The summed E-state index contributed by atoms with van der Waals surface area (Å²) in [5.74, 6) is 3.38. The van der Waals surface area contributed by atoms with Gasteiger partial charge in [0.1, 0.15) is 5.82 Å². The number of urea groups is 1. The minimum atomic E-state index is -0.109. The first-order valence-corrected chi connectivity index (χ1v) is 12.2. The van der Waals surface area contributed by atoms with Crippen LogP contribution in [0.2, 0.25) is 0 Å². The zero-order valence-corrected chi connectivity index (χ0v) is 19.0. The van der Waals surface area contributed by atoms with Crippen LogP contribution in [0.4, 0.5) is 4.79 Å². The summed E-state index contributed by atoms with van der Waals surface area (Å²) < 4.78 is 2.19. The summed E-state index contributed by atoms with van der Waals surface area (Å²) in [5.41, 5.74) is 2.15. The third-order valence-corrected chi connectivity index (χ3v) is 7.78. The fraction of sp³-hybridized carbons (Fsp3) is 0.640. The Morgan fingerprint density at radius 3 is 2.44 bits per heavy atom. The van der Waals surface area contributed by atoms with Gasteiger partial charge in [0.2, 0.25) is 5.91 Å². The highest BCUT2D eigenvalue weighted by Gasteiger charge is 2.51. The molecule has 1 heterocycles. The summed E-state index contributed by atoms with van der Waals surface area (Å²) in [5, 5.41) is 9.17. The maximum atomic E-state index is 12.5. The first kappa shape index (κ1) is 21.3. The smallest absolute Gasteiger partial charge is 0.315 e. The third kappa shape index (κ3) is 4.48. The average molecular weight is 438 g/mol. The fourth-order valence-corrected chi connectivity index (χ4v) is 6.87. The Balaban J connectivity index is 0.996. The van der Waals surface area contributed by atoms with Crippen LogP contribution in [0.3, 0.4) is 0 Å². The highest BCUT2D eigenvalue weighted by molar-refractivity contribution is 5.78. The number of aryl methyl sites for hydroxylation is 2. The summed E-state index contributed by atoms with van der Waals surface area (Å²) in [4.78, 5) is 29.2. The molecule has 0 unspecified atom stereocenters. The third-order valence-electron chi connectivity index (χ3n) is 7.78. The van der Waals surface area contributed by atoms with Crippen LogP contribution in [0.15, 0.2) is 24.3 Å². The molecule has 3 amide bonds. The molecule has 4 fully saturated rings. The van der Waals surface area contributed by atoms with Crippen molar-refractivity contribution < 1.29 is 9.59 Å². The van der Waals surface area contributed by atoms with Crippen molar-refractivity contribution in [1.82, 2.24) is 25.5 Å². The standard InChI is InChI=1S/C25H35N5O2/c1-17-28-21-5-2-3-6-22(21)30(17)10-4-8-26-23(31)7-9-27-24(32)29-25-14-18-11-19(15-25)13-20(12-18)16-25/h2-3,5-6,18-20H,4,7-16H2,1H3,(H,26,31)(H2,27,29,32). The molecule has 7 heteroatoms. The number of nitrogens with one attached hydrogen (secondary N) is 3. The molecule has 0 atom stereocenters. The molecule has 1 aromatic carbocycles. The summed E-state index contributed by atoms with van der Waals surface area (Å²) in [6.07, 6.45) is 8.64. The highest BCUT2D eigenvalue weighted by Crippen LogP contribution is 2.55. The first-order valence-electron chi connectivity index (χ1n) is 12.2. The summed E-state index contributed by atoms with van der Waals surface area (Å²) in [7, 11) is 0. The predicted octanol–water partition coefficient (Wildman–Crippen LogP) is 3.51. The van der Waals surface area contributed by atoms with E-state index >= 15 is 0 Å². The van der Waals surface area contributed by atoms with Gasteiger partial charge in [0.25, 0.3) is 0 Å². The van der Waals surface area contributed by atoms with E-state index < -0.39 is 0 Å². The fourth-order valence-electron chi connectivity index (χ4n) is 6.87. The second kappa shape index (κ2) is 8.75. The van der Waals surface area contributed by atoms with E-state index in [2.05, 4.69) is 31.6 Å². The second-order valence-electron chi connectivity index (χ2n) is 10.3. The van der Waals surface area contributed by atoms with Crippen molar-refractivity contribution in [2.75, 3.05) is 13.1 Å². The van der Waals surface area contributed by atoms with Crippen molar-refractivity contribution in [3.8, 4) is 0 Å². The normalized spacial score (nSPS) is 28.1. The monoisotopic (exact) mass is 437 g/mol. The number of aromatic nitrogens is 2. The van der Waals surface area contributed by atoms with Crippen LogP contribution in [0.1, 0.15) is 57.2 Å². The molecule has 0 aliphatic heterocycles. The van der Waals surface area contributed by atoms with Crippen LogP contribution >= 0.6 is 0 Å². The lowest BCUT2D eigenvalue weighted by Crippen LogP contribution is -2.61. The van der Waals surface area contributed by atoms with Gasteiger partial charge in [0, 0.05) is 31.6 Å². The van der Waals surface area contributed by atoms with Gasteiger partial charge in [-0.05, 0) is 81.8 Å². The van der Waals surface area contributed by atoms with Gasteiger partial charge in [-0.25, -0.2) is 9.78 Å². The molecule has 0 saturated heterocycles. The number of nitrogens with zero attached hydrogens (tertiary/aromatic N) is 2. The van der Waals surface area contributed by atoms with E-state index in [1.807, 2.05) is 25.1 Å². The quantitative estimate of drug-likeness (QED) is 0.552. The minimum absolute atomic E-state index is 0.0106. The first-order chi connectivity index (χ1) is 15.5. The summed E-state index contributed by atoms with van der Waals surface area (Å²) >= 11 is 0. The Kier molecular flexibility index (Phi) is 5.82. The molecule has 0 spiro atoms. The van der Waals surface area contributed by atoms with Crippen LogP contribution in [0.5, 0.6) is 0 Å². The van der Waals surface area contributed by atoms with Gasteiger partial charge < -0.3 is 20.5 Å². The average Bonchev–Trinajstić information content (AvgIpc) is 3.05. The van der Waals surface area contributed by atoms with Gasteiger partial charge in [0.05, 0.1) is 11.0 Å². The van der Waals surface area contributed by atoms with E-state index in [4.69, 9.17) is 0 Å². The Labute approximate surface area is 189 Å². The van der Waals surface area contributed by atoms with E-state index in [-0.39, 0.29) is 17.5 Å². The molecule has 0 radical (unpaired) electrons. The summed E-state index contributed by atoms with van der Waals surface area (Å²) in [6, 6.07) is 8.01. The number of imidazole rings is 1. The maximum absolute atomic E-state index is 12.5. The second-order valence-corrected chi connectivity index (χ2v) is 10.3. The molecule has 172 valence electrons. The van der Waals surface area contributed by atoms with E-state index in [0.717, 1.165) is 66.8 Å². The van der Waals surface area contributed by atoms with E-state index in [9.17, 15) is 9.59 Å². The molecular weight excluding hydrogens is 402 g/mol. The largest absolute Gasteiger partial charge is 0.356 e. The number of para-hydroxylation sites is 2. The number of carbonyl (C=O) groups is 2. The molecule has 7 nitrogen and oxygen atoms in total. The van der Waals surface area contributed by atoms with Crippen molar-refractivity contribution in [1.29, 1.82) is 0 Å². The number of benzene rings is 1. The van der Waals surface area contributed by atoms with Gasteiger partial charge >= 0.3 is 6.03 Å². The number of hydrogen-bond donors (Lipinski definition) is 3. The molecule has 4 saturated carbocycles. The molecule has 4 aliphatic carbocycles. The molecule has 6 rings (SSSR count). The van der Waals surface area contributed by atoms with E-state index in [1.165, 1.54) is 19.3 Å². The minimum Gasteiger partial charge on any atom is -0.356 e.